The van der Waals surface area contributed by atoms with Gasteiger partial charge in [-0.15, -0.1) is 12.4 Å². The van der Waals surface area contributed by atoms with E-state index in [0.29, 0.717) is 31.1 Å². The third-order valence-electron chi connectivity index (χ3n) is 4.36. The quantitative estimate of drug-likeness (QED) is 0.532. The molecule has 0 saturated carbocycles. The minimum Gasteiger partial charge on any atom is -0.489 e. The Hall–Kier alpha value is -2.58. The van der Waals surface area contributed by atoms with E-state index < -0.39 is 23.5 Å². The van der Waals surface area contributed by atoms with E-state index in [4.69, 9.17) is 4.74 Å². The lowest BCUT2D eigenvalue weighted by Gasteiger charge is -2.20. The molecule has 1 aliphatic rings. The first-order valence-electron chi connectivity index (χ1n) is 8.58. The SMILES string of the molecule is C=CCOc1ccc(C(F)(F)F)cc1C(=O)Nc1ccc2c(c1F)CCNC2.Cl. The standard InChI is InChI=1S/C20H18F4N2O2.ClH/c1-2-9-28-17-6-4-13(20(22,23)24)10-15(17)19(27)26-16-5-3-12-11-25-8-7-14(12)18(16)21;/h2-6,10,25H,1,7-9,11H2,(H,26,27);1H. The highest BCUT2D eigenvalue weighted by Crippen LogP contribution is 2.33. The van der Waals surface area contributed by atoms with E-state index in [0.717, 1.165) is 17.7 Å². The molecule has 2 aromatic rings. The van der Waals surface area contributed by atoms with Crippen LogP contribution in [-0.4, -0.2) is 19.1 Å². The first-order chi connectivity index (χ1) is 13.3. The predicted octanol–water partition coefficient (Wildman–Crippen LogP) is 4.73. The van der Waals surface area contributed by atoms with Crippen LogP contribution in [-0.2, 0) is 19.1 Å². The molecule has 0 aromatic heterocycles. The van der Waals surface area contributed by atoms with Crippen molar-refractivity contribution in [3.05, 3.63) is 71.1 Å². The third-order valence-corrected chi connectivity index (χ3v) is 4.36. The van der Waals surface area contributed by atoms with Gasteiger partial charge in [0.05, 0.1) is 16.8 Å². The van der Waals surface area contributed by atoms with Gasteiger partial charge in [0.2, 0.25) is 0 Å². The van der Waals surface area contributed by atoms with Gasteiger partial charge in [0.1, 0.15) is 18.2 Å². The van der Waals surface area contributed by atoms with Gasteiger partial charge in [0.15, 0.2) is 0 Å². The number of carbonyl (C=O) groups is 1. The minimum atomic E-state index is -4.63. The second kappa shape index (κ2) is 9.28. The number of fused-ring (bicyclic) bond motifs is 1. The lowest BCUT2D eigenvalue weighted by atomic mass is 9.99. The number of rotatable bonds is 5. The van der Waals surface area contributed by atoms with Crippen molar-refractivity contribution in [1.29, 1.82) is 0 Å². The van der Waals surface area contributed by atoms with Crippen molar-refractivity contribution in [1.82, 2.24) is 5.32 Å². The van der Waals surface area contributed by atoms with Crippen molar-refractivity contribution in [2.24, 2.45) is 0 Å². The van der Waals surface area contributed by atoms with Crippen LogP contribution in [0.15, 0.2) is 43.0 Å². The highest BCUT2D eigenvalue weighted by Gasteiger charge is 2.32. The van der Waals surface area contributed by atoms with E-state index in [1.165, 1.54) is 12.1 Å². The first kappa shape index (κ1) is 22.7. The summed E-state index contributed by atoms with van der Waals surface area (Å²) in [6, 6.07) is 5.66. The highest BCUT2D eigenvalue weighted by molar-refractivity contribution is 6.06. The number of carbonyl (C=O) groups excluding carboxylic acids is 1. The monoisotopic (exact) mass is 430 g/mol. The Balaban J connectivity index is 0.00000300. The Morgan fingerprint density at radius 1 is 1.28 bits per heavy atom. The summed E-state index contributed by atoms with van der Waals surface area (Å²) in [5.41, 5.74) is -0.145. The van der Waals surface area contributed by atoms with E-state index in [1.54, 1.807) is 6.07 Å². The van der Waals surface area contributed by atoms with Gasteiger partial charge in [-0.1, -0.05) is 18.7 Å². The summed E-state index contributed by atoms with van der Waals surface area (Å²) in [5.74, 6) is -1.51. The molecule has 0 bridgehead atoms. The number of hydrogen-bond donors (Lipinski definition) is 2. The number of benzene rings is 2. The summed E-state index contributed by atoms with van der Waals surface area (Å²) in [7, 11) is 0. The maximum Gasteiger partial charge on any atom is 0.416 e. The number of anilines is 1. The molecule has 0 atom stereocenters. The third kappa shape index (κ3) is 5.07. The van der Waals surface area contributed by atoms with Gasteiger partial charge in [-0.2, -0.15) is 13.2 Å². The average Bonchev–Trinajstić information content (AvgIpc) is 2.67. The van der Waals surface area contributed by atoms with Crippen LogP contribution >= 0.6 is 12.4 Å². The van der Waals surface area contributed by atoms with Gasteiger partial charge in [0.25, 0.3) is 5.91 Å². The Morgan fingerprint density at radius 2 is 2.03 bits per heavy atom. The zero-order chi connectivity index (χ0) is 20.3. The van der Waals surface area contributed by atoms with Gasteiger partial charge < -0.3 is 15.4 Å². The van der Waals surface area contributed by atoms with Crippen LogP contribution in [0.2, 0.25) is 0 Å². The summed E-state index contributed by atoms with van der Waals surface area (Å²) in [4.78, 5) is 12.6. The van der Waals surface area contributed by atoms with Crippen molar-refractivity contribution in [3.8, 4) is 5.75 Å². The summed E-state index contributed by atoms with van der Waals surface area (Å²) < 4.78 is 59.1. The van der Waals surface area contributed by atoms with Crippen LogP contribution in [0.1, 0.15) is 27.0 Å². The second-order valence-corrected chi connectivity index (χ2v) is 6.25. The highest BCUT2D eigenvalue weighted by atomic mass is 35.5. The number of halogens is 5. The van der Waals surface area contributed by atoms with E-state index in [2.05, 4.69) is 17.2 Å². The zero-order valence-electron chi connectivity index (χ0n) is 15.2. The molecule has 1 aliphatic heterocycles. The molecule has 0 fully saturated rings. The summed E-state index contributed by atoms with van der Waals surface area (Å²) in [6.45, 7) is 4.60. The molecule has 1 amide bonds. The van der Waals surface area contributed by atoms with Crippen molar-refractivity contribution in [2.75, 3.05) is 18.5 Å². The molecule has 0 unspecified atom stereocenters. The van der Waals surface area contributed by atoms with Crippen LogP contribution in [0.25, 0.3) is 0 Å². The van der Waals surface area contributed by atoms with E-state index in [-0.39, 0.29) is 36.0 Å². The summed E-state index contributed by atoms with van der Waals surface area (Å²) >= 11 is 0. The number of alkyl halides is 3. The second-order valence-electron chi connectivity index (χ2n) is 6.25. The minimum absolute atomic E-state index is 0. The molecule has 156 valence electrons. The van der Waals surface area contributed by atoms with E-state index >= 15 is 0 Å². The molecule has 2 aromatic carbocycles. The van der Waals surface area contributed by atoms with Crippen LogP contribution in [0.5, 0.6) is 5.75 Å². The maximum atomic E-state index is 14.7. The molecule has 3 rings (SSSR count). The van der Waals surface area contributed by atoms with E-state index in [1.807, 2.05) is 0 Å². The Morgan fingerprint density at radius 3 is 2.72 bits per heavy atom. The smallest absolute Gasteiger partial charge is 0.416 e. The molecular weight excluding hydrogens is 412 g/mol. The molecule has 1 heterocycles. The van der Waals surface area contributed by atoms with E-state index in [9.17, 15) is 22.4 Å². The van der Waals surface area contributed by atoms with Gasteiger partial charge in [0, 0.05) is 6.54 Å². The van der Waals surface area contributed by atoms with Crippen LogP contribution < -0.4 is 15.4 Å². The van der Waals surface area contributed by atoms with Gasteiger partial charge in [-0.25, -0.2) is 4.39 Å². The van der Waals surface area contributed by atoms with Crippen LogP contribution in [0, 0.1) is 5.82 Å². The van der Waals surface area contributed by atoms with Crippen molar-refractivity contribution in [2.45, 2.75) is 19.1 Å². The number of ether oxygens (including phenoxy) is 1. The average molecular weight is 431 g/mol. The molecule has 2 N–H and O–H groups in total. The molecule has 0 saturated heterocycles. The lowest BCUT2D eigenvalue weighted by molar-refractivity contribution is -0.137. The van der Waals surface area contributed by atoms with Gasteiger partial charge in [-0.3, -0.25) is 4.79 Å². The Kier molecular flexibility index (Phi) is 7.26. The topological polar surface area (TPSA) is 50.4 Å². The fourth-order valence-corrected chi connectivity index (χ4v) is 2.98. The molecule has 0 radical (unpaired) electrons. The lowest BCUT2D eigenvalue weighted by Crippen LogP contribution is -2.25. The number of nitrogens with one attached hydrogen (secondary N) is 2. The fraction of sp³-hybridized carbons (Fsp3) is 0.250. The number of hydrogen-bond acceptors (Lipinski definition) is 3. The molecule has 4 nitrogen and oxygen atoms in total. The van der Waals surface area contributed by atoms with Gasteiger partial charge in [-0.05, 0) is 48.4 Å². The fourth-order valence-electron chi connectivity index (χ4n) is 2.98. The maximum absolute atomic E-state index is 14.7. The predicted molar refractivity (Wildman–Crippen MR) is 104 cm³/mol. The molecule has 0 spiro atoms. The van der Waals surface area contributed by atoms with Crippen molar-refractivity contribution < 1.29 is 27.1 Å². The molecular formula is C20H19ClF4N2O2. The molecule has 9 heteroatoms. The molecule has 29 heavy (non-hydrogen) atoms. The Labute approximate surface area is 171 Å². The summed E-state index contributed by atoms with van der Waals surface area (Å²) in [6.07, 6.45) is -2.77. The summed E-state index contributed by atoms with van der Waals surface area (Å²) in [5, 5.41) is 5.48. The number of amides is 1. The van der Waals surface area contributed by atoms with Crippen LogP contribution in [0.3, 0.4) is 0 Å². The van der Waals surface area contributed by atoms with Crippen LogP contribution in [0.4, 0.5) is 23.2 Å². The first-order valence-corrected chi connectivity index (χ1v) is 8.58. The van der Waals surface area contributed by atoms with Crippen molar-refractivity contribution in [3.63, 3.8) is 0 Å². The van der Waals surface area contributed by atoms with Crippen molar-refractivity contribution >= 4 is 24.0 Å². The van der Waals surface area contributed by atoms with Gasteiger partial charge >= 0.3 is 6.18 Å². The normalized spacial score (nSPS) is 13.1. The largest absolute Gasteiger partial charge is 0.489 e. The Bertz CT molecular complexity index is 916. The zero-order valence-corrected chi connectivity index (χ0v) is 16.1. The molecule has 0 aliphatic carbocycles.